The molecule has 0 unspecified atom stereocenters. The molecule has 0 radical (unpaired) electrons. The molecule has 240 valence electrons. The number of carbonyl (C=O) groups excluding carboxylic acids is 3. The van der Waals surface area contributed by atoms with Gasteiger partial charge in [0.2, 0.25) is 11.8 Å². The molecule has 8 nitrogen and oxygen atoms in total. The van der Waals surface area contributed by atoms with E-state index in [-0.39, 0.29) is 47.1 Å². The normalized spacial score (nSPS) is 16.1. The fourth-order valence-corrected chi connectivity index (χ4v) is 5.99. The summed E-state index contributed by atoms with van der Waals surface area (Å²) in [6.07, 6.45) is 2.96. The van der Waals surface area contributed by atoms with Gasteiger partial charge in [0.15, 0.2) is 23.2 Å². The maximum Gasteiger partial charge on any atom is 0.247 e. The van der Waals surface area contributed by atoms with E-state index in [0.717, 1.165) is 22.2 Å². The van der Waals surface area contributed by atoms with E-state index in [2.05, 4.69) is 15.3 Å². The second-order valence-corrected chi connectivity index (χ2v) is 11.7. The highest BCUT2D eigenvalue weighted by molar-refractivity contribution is 6.33. The number of nitrogens with one attached hydrogen (secondary N) is 1. The molecule has 3 aromatic carbocycles. The Balaban J connectivity index is 1.25. The number of halogens is 5. The molecular weight excluding hydrogens is 638 g/mol. The summed E-state index contributed by atoms with van der Waals surface area (Å²) in [6.45, 7) is 2.56. The molecule has 2 amide bonds. The monoisotopic (exact) mass is 663 g/mol. The topological polar surface area (TPSA) is 97.2 Å². The largest absolute Gasteiger partial charge is 0.337 e. The molecule has 1 saturated heterocycles. The van der Waals surface area contributed by atoms with Crippen molar-refractivity contribution in [3.63, 3.8) is 0 Å². The number of likely N-dealkylation sites (tertiary alicyclic amines) is 1. The Morgan fingerprint density at radius 3 is 2.49 bits per heavy atom. The van der Waals surface area contributed by atoms with Gasteiger partial charge in [-0.3, -0.25) is 24.4 Å². The van der Waals surface area contributed by atoms with E-state index in [0.29, 0.717) is 28.2 Å². The van der Waals surface area contributed by atoms with E-state index in [1.165, 1.54) is 31.3 Å². The van der Waals surface area contributed by atoms with E-state index >= 15 is 4.39 Å². The molecule has 2 aromatic heterocycles. The minimum Gasteiger partial charge on any atom is -0.337 e. The third-order valence-corrected chi connectivity index (χ3v) is 8.39. The first-order chi connectivity index (χ1) is 22.4. The smallest absolute Gasteiger partial charge is 0.247 e. The molecule has 1 N–H and O–H groups in total. The van der Waals surface area contributed by atoms with Crippen molar-refractivity contribution in [2.45, 2.75) is 39.0 Å². The van der Waals surface area contributed by atoms with Crippen molar-refractivity contribution >= 4 is 45.8 Å². The number of benzene rings is 3. The fraction of sp³-hybridized carbons (Fsp3) is 0.206. The summed E-state index contributed by atoms with van der Waals surface area (Å²) in [5.74, 6) is -5.08. The summed E-state index contributed by atoms with van der Waals surface area (Å²) < 4.78 is 59.3. The number of aromatic nitrogens is 3. The SMILES string of the molecule is CC(=O)c1cn(CC(=O)N2C[C@H](F)C[C@H]2C(=O)Nc2cccc(-c3cc(F)c(F)cc3Cl)c2F)c2ccc(-c3cnc(C)cn3)cc12. The quantitative estimate of drug-likeness (QED) is 0.116. The summed E-state index contributed by atoms with van der Waals surface area (Å²) in [4.78, 5) is 49.2. The third-order valence-electron chi connectivity index (χ3n) is 8.07. The van der Waals surface area contributed by atoms with Crippen molar-refractivity contribution < 1.29 is 31.9 Å². The van der Waals surface area contributed by atoms with Crippen molar-refractivity contribution in [2.24, 2.45) is 0 Å². The Bertz CT molecular complexity index is 2070. The first kappa shape index (κ1) is 31.9. The maximum atomic E-state index is 15.5. The Kier molecular flexibility index (Phi) is 8.54. The van der Waals surface area contributed by atoms with Gasteiger partial charge in [-0.1, -0.05) is 29.8 Å². The molecule has 0 spiro atoms. The lowest BCUT2D eigenvalue weighted by Crippen LogP contribution is -2.44. The van der Waals surface area contributed by atoms with Gasteiger partial charge in [0.1, 0.15) is 18.8 Å². The zero-order valence-corrected chi connectivity index (χ0v) is 25.8. The van der Waals surface area contributed by atoms with Gasteiger partial charge in [-0.15, -0.1) is 0 Å². The highest BCUT2D eigenvalue weighted by Crippen LogP contribution is 2.35. The van der Waals surface area contributed by atoms with Gasteiger partial charge < -0.3 is 14.8 Å². The minimum atomic E-state index is -1.51. The molecule has 0 bridgehead atoms. The molecule has 6 rings (SSSR count). The van der Waals surface area contributed by atoms with Crippen molar-refractivity contribution in [1.29, 1.82) is 0 Å². The van der Waals surface area contributed by atoms with Crippen LogP contribution < -0.4 is 5.32 Å². The maximum absolute atomic E-state index is 15.5. The second-order valence-electron chi connectivity index (χ2n) is 11.3. The number of carbonyl (C=O) groups is 3. The molecule has 2 atom stereocenters. The van der Waals surface area contributed by atoms with Crippen molar-refractivity contribution in [3.8, 4) is 22.4 Å². The molecule has 0 aliphatic carbocycles. The molecule has 3 heterocycles. The summed E-state index contributed by atoms with van der Waals surface area (Å²) >= 11 is 6.03. The van der Waals surface area contributed by atoms with Crippen LogP contribution in [0.3, 0.4) is 0 Å². The highest BCUT2D eigenvalue weighted by Gasteiger charge is 2.40. The summed E-state index contributed by atoms with van der Waals surface area (Å²) in [7, 11) is 0. The van der Waals surface area contributed by atoms with Gasteiger partial charge in [0.05, 0.1) is 34.8 Å². The van der Waals surface area contributed by atoms with E-state index in [1.54, 1.807) is 35.2 Å². The zero-order chi connectivity index (χ0) is 33.6. The van der Waals surface area contributed by atoms with Gasteiger partial charge >= 0.3 is 0 Å². The molecule has 5 aromatic rings. The van der Waals surface area contributed by atoms with E-state index in [9.17, 15) is 27.6 Å². The van der Waals surface area contributed by atoms with Crippen molar-refractivity contribution in [2.75, 3.05) is 11.9 Å². The van der Waals surface area contributed by atoms with E-state index < -0.39 is 41.5 Å². The Morgan fingerprint density at radius 1 is 1.00 bits per heavy atom. The number of ketones is 1. The van der Waals surface area contributed by atoms with Crippen molar-refractivity contribution in [3.05, 3.63) is 101 Å². The van der Waals surface area contributed by atoms with Crippen LogP contribution in [0.15, 0.2) is 67.1 Å². The fourth-order valence-electron chi connectivity index (χ4n) is 5.74. The predicted octanol–water partition coefficient (Wildman–Crippen LogP) is 6.92. The standard InChI is InChI=1S/C34H26ClF4N5O3/c1-17-12-41-29(13-40-17)19-6-7-30-23(8-19)24(18(2)45)15-43(30)16-32(46)44-14-20(36)9-31(44)34(47)42-28-5-3-4-21(33(28)39)22-10-26(37)27(38)11-25(22)35/h3-8,10-13,15,20,31H,9,14,16H2,1-2H3,(H,42,47)/t20-,31+/m1/s1. The van der Waals surface area contributed by atoms with Crippen LogP contribution in [-0.2, 0) is 16.1 Å². The van der Waals surface area contributed by atoms with Gasteiger partial charge in [0.25, 0.3) is 0 Å². The lowest BCUT2D eigenvalue weighted by molar-refractivity contribution is -0.137. The number of amides is 2. The molecule has 1 aliphatic rings. The summed E-state index contributed by atoms with van der Waals surface area (Å²) in [5, 5.41) is 2.74. The van der Waals surface area contributed by atoms with Crippen LogP contribution in [0.4, 0.5) is 23.2 Å². The Hall–Kier alpha value is -5.10. The lowest BCUT2D eigenvalue weighted by atomic mass is 10.0. The molecule has 1 aliphatic heterocycles. The number of anilines is 1. The van der Waals surface area contributed by atoms with Gasteiger partial charge in [-0.25, -0.2) is 17.6 Å². The first-order valence-corrected chi connectivity index (χ1v) is 14.9. The molecule has 0 saturated carbocycles. The number of nitrogens with zero attached hydrogens (tertiary/aromatic N) is 4. The predicted molar refractivity (Wildman–Crippen MR) is 168 cm³/mol. The molecular formula is C34H26ClF4N5O3. The van der Waals surface area contributed by atoms with E-state index in [4.69, 9.17) is 11.6 Å². The molecule has 13 heteroatoms. The van der Waals surface area contributed by atoms with Crippen molar-refractivity contribution in [1.82, 2.24) is 19.4 Å². The Morgan fingerprint density at radius 2 is 1.77 bits per heavy atom. The average molecular weight is 664 g/mol. The van der Waals surface area contributed by atoms with Gasteiger partial charge in [-0.05, 0) is 44.2 Å². The number of Topliss-reactive ketones (excluding diaryl/α,β-unsaturated/α-hetero) is 1. The zero-order valence-electron chi connectivity index (χ0n) is 25.0. The lowest BCUT2D eigenvalue weighted by Gasteiger charge is -2.24. The minimum absolute atomic E-state index is 0.136. The summed E-state index contributed by atoms with van der Waals surface area (Å²) in [6, 6.07) is 9.39. The average Bonchev–Trinajstić information content (AvgIpc) is 3.61. The number of alkyl halides is 1. The highest BCUT2D eigenvalue weighted by atomic mass is 35.5. The third kappa shape index (κ3) is 6.20. The van der Waals surface area contributed by atoms with Crippen LogP contribution in [-0.4, -0.2) is 55.8 Å². The van der Waals surface area contributed by atoms with Crippen LogP contribution in [0, 0.1) is 24.4 Å². The first-order valence-electron chi connectivity index (χ1n) is 14.5. The number of rotatable bonds is 7. The number of fused-ring (bicyclic) bond motifs is 1. The van der Waals surface area contributed by atoms with Gasteiger partial charge in [-0.2, -0.15) is 0 Å². The van der Waals surface area contributed by atoms with Crippen LogP contribution in [0.25, 0.3) is 33.3 Å². The number of aryl methyl sites for hydroxylation is 1. The van der Waals surface area contributed by atoms with Crippen LogP contribution in [0.5, 0.6) is 0 Å². The molecule has 47 heavy (non-hydrogen) atoms. The van der Waals surface area contributed by atoms with Crippen LogP contribution in [0.2, 0.25) is 5.02 Å². The number of hydrogen-bond donors (Lipinski definition) is 1. The van der Waals surface area contributed by atoms with Crippen LogP contribution >= 0.6 is 11.6 Å². The Labute approximate surface area is 271 Å². The number of hydrogen-bond acceptors (Lipinski definition) is 5. The van der Waals surface area contributed by atoms with E-state index in [1.807, 2.05) is 6.92 Å². The van der Waals surface area contributed by atoms with Crippen LogP contribution in [0.1, 0.15) is 29.4 Å². The van der Waals surface area contributed by atoms with Gasteiger partial charge in [0, 0.05) is 52.0 Å². The summed E-state index contributed by atoms with van der Waals surface area (Å²) in [5.41, 5.74) is 2.35. The molecule has 1 fully saturated rings. The second kappa shape index (κ2) is 12.6.